The molecule has 0 bridgehead atoms. The van der Waals surface area contributed by atoms with Crippen LogP contribution in [0.25, 0.3) is 10.9 Å². The number of piperidine rings is 1. The fraction of sp³-hybridized carbons (Fsp3) is 0.444. The molecule has 0 saturated carbocycles. The van der Waals surface area contributed by atoms with Crippen molar-refractivity contribution in [3.05, 3.63) is 64.9 Å². The van der Waals surface area contributed by atoms with Crippen molar-refractivity contribution in [1.82, 2.24) is 14.4 Å². The molecule has 3 heterocycles. The zero-order chi connectivity index (χ0) is 24.9. The van der Waals surface area contributed by atoms with Crippen LogP contribution >= 0.6 is 0 Å². The van der Waals surface area contributed by atoms with Gasteiger partial charge in [-0.3, -0.25) is 4.79 Å². The fourth-order valence-electron chi connectivity index (χ4n) is 5.13. The molecule has 1 amide bonds. The fourth-order valence-corrected chi connectivity index (χ4v) is 5.13. The van der Waals surface area contributed by atoms with Crippen molar-refractivity contribution in [3.8, 4) is 5.75 Å². The van der Waals surface area contributed by atoms with Gasteiger partial charge in [0.15, 0.2) is 11.6 Å². The number of hydrogen-bond donors (Lipinski definition) is 0. The van der Waals surface area contributed by atoms with E-state index in [4.69, 9.17) is 4.74 Å². The molecule has 1 aromatic heterocycles. The number of amides is 1. The number of carbonyl (C=O) groups excluding carboxylic acids is 1. The molecule has 0 spiro atoms. The van der Waals surface area contributed by atoms with E-state index in [1.165, 1.54) is 19.1 Å². The molecule has 2 aliphatic rings. The first-order chi connectivity index (χ1) is 16.7. The minimum absolute atomic E-state index is 0.0540. The number of carbonyl (C=O) groups is 1. The van der Waals surface area contributed by atoms with Gasteiger partial charge in [0.05, 0.1) is 0 Å². The first-order valence-corrected chi connectivity index (χ1v) is 12.2. The van der Waals surface area contributed by atoms with Crippen molar-refractivity contribution < 1.29 is 22.7 Å². The van der Waals surface area contributed by atoms with Crippen LogP contribution in [0.15, 0.2) is 36.4 Å². The summed E-state index contributed by atoms with van der Waals surface area (Å²) >= 11 is 0. The third-order valence-corrected chi connectivity index (χ3v) is 7.26. The van der Waals surface area contributed by atoms with Gasteiger partial charge in [0.1, 0.15) is 17.5 Å². The van der Waals surface area contributed by atoms with Gasteiger partial charge in [0, 0.05) is 48.7 Å². The Labute approximate surface area is 203 Å². The first kappa shape index (κ1) is 23.7. The Morgan fingerprint density at radius 1 is 0.971 bits per heavy atom. The van der Waals surface area contributed by atoms with E-state index in [0.29, 0.717) is 18.3 Å². The van der Waals surface area contributed by atoms with Crippen LogP contribution in [0.5, 0.6) is 5.75 Å². The molecule has 1 saturated heterocycles. The lowest BCUT2D eigenvalue weighted by atomic mass is 10.1. The summed E-state index contributed by atoms with van der Waals surface area (Å²) in [7, 11) is 0. The van der Waals surface area contributed by atoms with Gasteiger partial charge in [0.2, 0.25) is 6.30 Å². The Morgan fingerprint density at radius 3 is 2.43 bits per heavy atom. The quantitative estimate of drug-likeness (QED) is 0.442. The Bertz CT molecular complexity index is 1260. The average molecular weight is 486 g/mol. The lowest BCUT2D eigenvalue weighted by molar-refractivity contribution is 0.0375. The van der Waals surface area contributed by atoms with Crippen LogP contribution in [-0.2, 0) is 6.54 Å². The minimum Gasteiger partial charge on any atom is -0.490 e. The van der Waals surface area contributed by atoms with Crippen molar-refractivity contribution in [2.24, 2.45) is 0 Å². The number of hydrogen-bond acceptors (Lipinski definition) is 3. The highest BCUT2D eigenvalue weighted by Crippen LogP contribution is 2.34. The van der Waals surface area contributed by atoms with E-state index >= 15 is 4.39 Å². The normalized spacial score (nSPS) is 18.4. The Morgan fingerprint density at radius 2 is 1.71 bits per heavy atom. The third kappa shape index (κ3) is 4.29. The topological polar surface area (TPSA) is 37.7 Å². The van der Waals surface area contributed by atoms with Gasteiger partial charge in [0.25, 0.3) is 5.91 Å². The second-order valence-electron chi connectivity index (χ2n) is 9.78. The first-order valence-electron chi connectivity index (χ1n) is 12.2. The van der Waals surface area contributed by atoms with E-state index in [1.807, 2.05) is 22.8 Å². The number of nitrogens with zero attached hydrogens (tertiary/aromatic N) is 3. The smallest absolute Gasteiger partial charge is 0.273 e. The van der Waals surface area contributed by atoms with E-state index in [0.717, 1.165) is 47.5 Å². The van der Waals surface area contributed by atoms with Crippen LogP contribution < -0.4 is 4.74 Å². The van der Waals surface area contributed by atoms with Crippen molar-refractivity contribution in [2.45, 2.75) is 58.6 Å². The number of halogens is 3. The lowest BCUT2D eigenvalue weighted by Gasteiger charge is -2.34. The van der Waals surface area contributed by atoms with Crippen molar-refractivity contribution in [2.75, 3.05) is 19.6 Å². The summed E-state index contributed by atoms with van der Waals surface area (Å²) in [4.78, 5) is 16.6. The Kier molecular flexibility index (Phi) is 6.25. The minimum atomic E-state index is -2.07. The number of aryl methyl sites for hydroxylation is 1. The lowest BCUT2D eigenvalue weighted by Crippen LogP contribution is -2.41. The molecule has 35 heavy (non-hydrogen) atoms. The molecule has 1 fully saturated rings. The maximum Gasteiger partial charge on any atom is 0.273 e. The van der Waals surface area contributed by atoms with Crippen LogP contribution in [0.2, 0.25) is 0 Å². The standard InChI is InChI=1S/C27H30F3N3O2/c1-16(2)31-10-8-19(9-11-31)35-20-5-7-22-18(14-20)15-23-27(34)33(13-12-32(22)23)26(30)21-6-4-17(3)24(28)25(21)29/h4-7,14-16,19,26H,8-13H2,1-3H3. The number of aromatic nitrogens is 1. The van der Waals surface area contributed by atoms with E-state index in [2.05, 4.69) is 18.7 Å². The molecular weight excluding hydrogens is 455 g/mol. The molecule has 0 radical (unpaired) electrons. The van der Waals surface area contributed by atoms with Gasteiger partial charge in [-0.25, -0.2) is 13.2 Å². The average Bonchev–Trinajstić information content (AvgIpc) is 3.22. The summed E-state index contributed by atoms with van der Waals surface area (Å²) in [5, 5.41) is 0.829. The number of fused-ring (bicyclic) bond motifs is 3. The molecule has 2 aliphatic heterocycles. The molecule has 5 nitrogen and oxygen atoms in total. The monoisotopic (exact) mass is 485 g/mol. The van der Waals surface area contributed by atoms with Crippen LogP contribution in [0.1, 0.15) is 54.6 Å². The van der Waals surface area contributed by atoms with Gasteiger partial charge in [-0.1, -0.05) is 12.1 Å². The van der Waals surface area contributed by atoms with E-state index in [1.54, 1.807) is 6.07 Å². The summed E-state index contributed by atoms with van der Waals surface area (Å²) in [6, 6.07) is 10.5. The molecule has 1 unspecified atom stereocenters. The molecular formula is C27H30F3N3O2. The van der Waals surface area contributed by atoms with Crippen LogP contribution in [-0.4, -0.2) is 52.1 Å². The van der Waals surface area contributed by atoms with E-state index in [-0.39, 0.29) is 18.2 Å². The van der Waals surface area contributed by atoms with Crippen molar-refractivity contribution in [1.29, 1.82) is 0 Å². The summed E-state index contributed by atoms with van der Waals surface area (Å²) in [5.74, 6) is -2.15. The molecule has 1 atom stereocenters. The summed E-state index contributed by atoms with van der Waals surface area (Å²) in [5.41, 5.74) is 0.805. The SMILES string of the molecule is Cc1ccc(C(F)N2CCn3c(cc4cc(OC5CCN(C(C)C)CC5)ccc43)C2=O)c(F)c1F. The number of benzene rings is 2. The molecule has 8 heteroatoms. The summed E-state index contributed by atoms with van der Waals surface area (Å²) < 4.78 is 51.7. The third-order valence-electron chi connectivity index (χ3n) is 7.26. The van der Waals surface area contributed by atoms with Gasteiger partial charge >= 0.3 is 0 Å². The predicted octanol–water partition coefficient (Wildman–Crippen LogP) is 5.60. The molecule has 0 aliphatic carbocycles. The van der Waals surface area contributed by atoms with E-state index in [9.17, 15) is 13.6 Å². The highest BCUT2D eigenvalue weighted by molar-refractivity contribution is 6.00. The van der Waals surface area contributed by atoms with Crippen LogP contribution in [0, 0.1) is 18.6 Å². The van der Waals surface area contributed by atoms with Gasteiger partial charge in [-0.05, 0) is 63.4 Å². The number of likely N-dealkylation sites (tertiary alicyclic amines) is 1. The summed E-state index contributed by atoms with van der Waals surface area (Å²) in [6.07, 6.45) is 0.00222. The highest BCUT2D eigenvalue weighted by Gasteiger charge is 2.34. The predicted molar refractivity (Wildman–Crippen MR) is 128 cm³/mol. The maximum absolute atomic E-state index is 15.3. The molecule has 0 N–H and O–H groups in total. The second kappa shape index (κ2) is 9.22. The number of ether oxygens (including phenoxy) is 1. The molecule has 186 valence electrons. The number of rotatable bonds is 5. The van der Waals surface area contributed by atoms with Gasteiger partial charge in [-0.15, -0.1) is 0 Å². The van der Waals surface area contributed by atoms with Crippen molar-refractivity contribution in [3.63, 3.8) is 0 Å². The second-order valence-corrected chi connectivity index (χ2v) is 9.78. The zero-order valence-electron chi connectivity index (χ0n) is 20.2. The molecule has 2 aromatic carbocycles. The Balaban J connectivity index is 1.35. The van der Waals surface area contributed by atoms with Crippen molar-refractivity contribution >= 4 is 16.8 Å². The van der Waals surface area contributed by atoms with Gasteiger partial charge < -0.3 is 19.1 Å². The van der Waals surface area contributed by atoms with E-state index < -0.39 is 29.4 Å². The largest absolute Gasteiger partial charge is 0.490 e. The van der Waals surface area contributed by atoms with Crippen LogP contribution in [0.3, 0.4) is 0 Å². The van der Waals surface area contributed by atoms with Crippen LogP contribution in [0.4, 0.5) is 13.2 Å². The highest BCUT2D eigenvalue weighted by atomic mass is 19.2. The van der Waals surface area contributed by atoms with Gasteiger partial charge in [-0.2, -0.15) is 0 Å². The molecule has 3 aromatic rings. The zero-order valence-corrected chi connectivity index (χ0v) is 20.2. The summed E-state index contributed by atoms with van der Waals surface area (Å²) in [6.45, 7) is 8.23. The molecule has 5 rings (SSSR count). The Hall–Kier alpha value is -3.00. The number of alkyl halides is 1. The maximum atomic E-state index is 15.3.